The van der Waals surface area contributed by atoms with Gasteiger partial charge in [0, 0.05) is 22.5 Å². The Balaban J connectivity index is 2.40. The Hall–Kier alpha value is -1.20. The van der Waals surface area contributed by atoms with E-state index in [0.717, 1.165) is 10.3 Å². The molecule has 17 heavy (non-hydrogen) atoms. The molecule has 90 valence electrons. The highest BCUT2D eigenvalue weighted by Gasteiger charge is 2.12. The summed E-state index contributed by atoms with van der Waals surface area (Å²) in [6, 6.07) is 4.81. The van der Waals surface area contributed by atoms with Gasteiger partial charge in [0.25, 0.3) is 0 Å². The van der Waals surface area contributed by atoms with Gasteiger partial charge in [-0.05, 0) is 18.2 Å². The van der Waals surface area contributed by atoms with E-state index < -0.39 is 0 Å². The molecule has 1 aromatic carbocycles. The van der Waals surface area contributed by atoms with Gasteiger partial charge in [0.2, 0.25) is 0 Å². The molecule has 2 aromatic rings. The molecule has 3 N–H and O–H groups in total. The maximum absolute atomic E-state index is 13.7. The highest BCUT2D eigenvalue weighted by molar-refractivity contribution is 9.10. The predicted octanol–water partition coefficient (Wildman–Crippen LogP) is 3.04. The van der Waals surface area contributed by atoms with Gasteiger partial charge in [-0.1, -0.05) is 22.9 Å². The van der Waals surface area contributed by atoms with Gasteiger partial charge in [0.15, 0.2) is 0 Å². The summed E-state index contributed by atoms with van der Waals surface area (Å²) in [7, 11) is 0. The van der Waals surface area contributed by atoms with Crippen LogP contribution < -0.4 is 5.73 Å². The summed E-state index contributed by atoms with van der Waals surface area (Å²) in [5.74, 6) is 0.643. The minimum atomic E-state index is -0.274. The van der Waals surface area contributed by atoms with Gasteiger partial charge in [-0.15, -0.1) is 0 Å². The average molecular weight is 298 g/mol. The van der Waals surface area contributed by atoms with Gasteiger partial charge in [0.05, 0.1) is 11.9 Å². The summed E-state index contributed by atoms with van der Waals surface area (Å²) >= 11 is 3.32. The van der Waals surface area contributed by atoms with Crippen LogP contribution in [0.15, 0.2) is 28.9 Å². The quantitative estimate of drug-likeness (QED) is 0.915. The third-order valence-electron chi connectivity index (χ3n) is 2.63. The number of benzene rings is 1. The minimum absolute atomic E-state index is 0.138. The molecule has 3 nitrogen and oxygen atoms in total. The smallest absolute Gasteiger partial charge is 0.132 e. The first-order valence-corrected chi connectivity index (χ1v) is 6.11. The van der Waals surface area contributed by atoms with Crippen LogP contribution in [0.3, 0.4) is 0 Å². The summed E-state index contributed by atoms with van der Waals surface area (Å²) in [5.41, 5.74) is 6.73. The summed E-state index contributed by atoms with van der Waals surface area (Å²) in [4.78, 5) is 7.31. The first-order chi connectivity index (χ1) is 8.11. The van der Waals surface area contributed by atoms with E-state index in [1.165, 1.54) is 6.07 Å². The first kappa shape index (κ1) is 12.3. The Kier molecular flexibility index (Phi) is 3.59. The molecule has 0 saturated heterocycles. The number of rotatable bonds is 3. The molecule has 0 aliphatic carbocycles. The zero-order chi connectivity index (χ0) is 12.4. The molecule has 1 heterocycles. The summed E-state index contributed by atoms with van der Waals surface area (Å²) in [6.45, 7) is 2.48. The second-order valence-electron chi connectivity index (χ2n) is 3.94. The van der Waals surface area contributed by atoms with Crippen LogP contribution in [0.25, 0.3) is 11.3 Å². The molecule has 5 heteroatoms. The molecule has 0 aliphatic heterocycles. The van der Waals surface area contributed by atoms with E-state index in [2.05, 4.69) is 25.9 Å². The number of H-pyrrole nitrogens is 1. The van der Waals surface area contributed by atoms with E-state index in [0.29, 0.717) is 17.8 Å². The lowest BCUT2D eigenvalue weighted by atomic mass is 10.1. The largest absolute Gasteiger partial charge is 0.342 e. The Labute approximate surface area is 107 Å². The van der Waals surface area contributed by atoms with Gasteiger partial charge in [-0.3, -0.25) is 0 Å². The number of hydrogen-bond donors (Lipinski definition) is 2. The van der Waals surface area contributed by atoms with E-state index in [1.807, 2.05) is 6.92 Å². The lowest BCUT2D eigenvalue weighted by Crippen LogP contribution is -2.10. The van der Waals surface area contributed by atoms with Crippen molar-refractivity contribution in [3.05, 3.63) is 40.5 Å². The third-order valence-corrected chi connectivity index (χ3v) is 3.13. The van der Waals surface area contributed by atoms with Crippen LogP contribution in [0, 0.1) is 5.82 Å². The highest BCUT2D eigenvalue weighted by Crippen LogP contribution is 2.25. The maximum atomic E-state index is 13.7. The van der Waals surface area contributed by atoms with Crippen molar-refractivity contribution in [2.75, 3.05) is 6.54 Å². The number of halogens is 2. The number of nitrogens with zero attached hydrogens (tertiary/aromatic N) is 1. The number of imidazole rings is 1. The van der Waals surface area contributed by atoms with Crippen molar-refractivity contribution in [1.82, 2.24) is 9.97 Å². The molecular weight excluding hydrogens is 285 g/mol. The molecule has 0 saturated carbocycles. The number of nitrogens with two attached hydrogens (primary N) is 1. The normalized spacial score (nSPS) is 12.7. The van der Waals surface area contributed by atoms with Crippen molar-refractivity contribution in [2.24, 2.45) is 5.73 Å². The SMILES string of the molecule is CC(CN)c1ncc(-c2cc(Br)ccc2F)[nH]1. The monoisotopic (exact) mass is 297 g/mol. The Morgan fingerprint density at radius 1 is 1.53 bits per heavy atom. The van der Waals surface area contributed by atoms with Crippen molar-refractivity contribution in [2.45, 2.75) is 12.8 Å². The van der Waals surface area contributed by atoms with E-state index in [1.54, 1.807) is 18.3 Å². The third kappa shape index (κ3) is 2.56. The Morgan fingerprint density at radius 2 is 2.29 bits per heavy atom. The fraction of sp³-hybridized carbons (Fsp3) is 0.250. The van der Waals surface area contributed by atoms with Crippen molar-refractivity contribution < 1.29 is 4.39 Å². The van der Waals surface area contributed by atoms with Crippen molar-refractivity contribution in [3.8, 4) is 11.3 Å². The number of aromatic amines is 1. The van der Waals surface area contributed by atoms with Crippen LogP contribution in [0.1, 0.15) is 18.7 Å². The topological polar surface area (TPSA) is 54.7 Å². The predicted molar refractivity (Wildman–Crippen MR) is 69.2 cm³/mol. The van der Waals surface area contributed by atoms with Crippen molar-refractivity contribution in [3.63, 3.8) is 0 Å². The molecule has 0 fully saturated rings. The van der Waals surface area contributed by atoms with Crippen molar-refractivity contribution >= 4 is 15.9 Å². The lowest BCUT2D eigenvalue weighted by Gasteiger charge is -2.04. The summed E-state index contributed by atoms with van der Waals surface area (Å²) < 4.78 is 14.5. The van der Waals surface area contributed by atoms with Gasteiger partial charge in [0.1, 0.15) is 11.6 Å². The zero-order valence-electron chi connectivity index (χ0n) is 9.37. The number of nitrogens with one attached hydrogen (secondary N) is 1. The van der Waals surface area contributed by atoms with Crippen LogP contribution >= 0.6 is 15.9 Å². The molecule has 1 atom stereocenters. The fourth-order valence-corrected chi connectivity index (χ4v) is 1.90. The van der Waals surface area contributed by atoms with Gasteiger partial charge in [-0.2, -0.15) is 0 Å². The minimum Gasteiger partial charge on any atom is -0.342 e. The molecule has 0 bridgehead atoms. The average Bonchev–Trinajstić information content (AvgIpc) is 2.80. The molecule has 0 aliphatic rings. The summed E-state index contributed by atoms with van der Waals surface area (Å²) in [5, 5.41) is 0. The zero-order valence-corrected chi connectivity index (χ0v) is 11.0. The molecule has 0 amide bonds. The summed E-state index contributed by atoms with van der Waals surface area (Å²) in [6.07, 6.45) is 1.63. The van der Waals surface area contributed by atoms with Gasteiger partial charge in [-0.25, -0.2) is 9.37 Å². The van der Waals surface area contributed by atoms with Crippen LogP contribution in [-0.2, 0) is 0 Å². The second kappa shape index (κ2) is 4.98. The van der Waals surface area contributed by atoms with Gasteiger partial charge >= 0.3 is 0 Å². The van der Waals surface area contributed by atoms with E-state index in [-0.39, 0.29) is 11.7 Å². The van der Waals surface area contributed by atoms with E-state index in [9.17, 15) is 4.39 Å². The Morgan fingerprint density at radius 3 is 3.00 bits per heavy atom. The molecule has 1 aromatic heterocycles. The first-order valence-electron chi connectivity index (χ1n) is 5.32. The maximum Gasteiger partial charge on any atom is 0.132 e. The van der Waals surface area contributed by atoms with Crippen LogP contribution in [-0.4, -0.2) is 16.5 Å². The fourth-order valence-electron chi connectivity index (χ4n) is 1.54. The number of aromatic nitrogens is 2. The molecule has 0 radical (unpaired) electrons. The molecule has 2 rings (SSSR count). The highest BCUT2D eigenvalue weighted by atomic mass is 79.9. The van der Waals surface area contributed by atoms with E-state index in [4.69, 9.17) is 5.73 Å². The second-order valence-corrected chi connectivity index (χ2v) is 4.86. The van der Waals surface area contributed by atoms with Crippen LogP contribution in [0.2, 0.25) is 0 Å². The number of hydrogen-bond acceptors (Lipinski definition) is 2. The Bertz CT molecular complexity index is 524. The van der Waals surface area contributed by atoms with Crippen LogP contribution in [0.4, 0.5) is 4.39 Å². The standard InChI is InChI=1S/C12H13BrFN3/c1-7(5-15)12-16-6-11(17-12)9-4-8(13)2-3-10(9)14/h2-4,6-7H,5,15H2,1H3,(H,16,17). The molecule has 1 unspecified atom stereocenters. The van der Waals surface area contributed by atoms with Gasteiger partial charge < -0.3 is 10.7 Å². The van der Waals surface area contributed by atoms with E-state index >= 15 is 0 Å². The molecular formula is C12H13BrFN3. The lowest BCUT2D eigenvalue weighted by molar-refractivity contribution is 0.630. The van der Waals surface area contributed by atoms with Crippen LogP contribution in [0.5, 0.6) is 0 Å². The molecule has 0 spiro atoms. The van der Waals surface area contributed by atoms with Crippen molar-refractivity contribution in [1.29, 1.82) is 0 Å².